The fraction of sp³-hybridized carbons (Fsp3) is 0.417. The number of anilines is 1. The Morgan fingerprint density at radius 2 is 1.95 bits per heavy atom. The van der Waals surface area contributed by atoms with Gasteiger partial charge in [-0.3, -0.25) is 14.9 Å². The lowest BCUT2D eigenvalue weighted by molar-refractivity contribution is -0.385. The van der Waals surface area contributed by atoms with E-state index in [0.717, 1.165) is 0 Å². The molecule has 1 aromatic carbocycles. The van der Waals surface area contributed by atoms with Crippen molar-refractivity contribution in [2.45, 2.75) is 25.5 Å². The zero-order valence-corrected chi connectivity index (χ0v) is 12.9. The first-order valence-corrected chi connectivity index (χ1v) is 8.48. The smallest absolute Gasteiger partial charge is 0.272 e. The van der Waals surface area contributed by atoms with Crippen molar-refractivity contribution in [2.75, 3.05) is 11.4 Å². The highest BCUT2D eigenvalue weighted by Gasteiger charge is 2.38. The first-order chi connectivity index (χ1) is 9.61. The molecule has 0 bridgehead atoms. The Balaban J connectivity index is 2.42. The number of nitrogens with zero attached hydrogens (tertiary/aromatic N) is 2. The highest BCUT2D eigenvalue weighted by atomic mass is 35.7. The van der Waals surface area contributed by atoms with Crippen LogP contribution in [0, 0.1) is 24.0 Å². The van der Waals surface area contributed by atoms with Gasteiger partial charge in [-0.05, 0) is 25.5 Å². The Kier molecular flexibility index (Phi) is 3.94. The molecule has 7 nitrogen and oxygen atoms in total. The molecule has 1 saturated heterocycles. The van der Waals surface area contributed by atoms with Gasteiger partial charge in [-0.15, -0.1) is 0 Å². The molecule has 0 saturated carbocycles. The van der Waals surface area contributed by atoms with Crippen LogP contribution in [0.3, 0.4) is 0 Å². The van der Waals surface area contributed by atoms with Crippen LogP contribution in [0.2, 0.25) is 0 Å². The van der Waals surface area contributed by atoms with Crippen LogP contribution in [0.25, 0.3) is 0 Å². The fourth-order valence-electron chi connectivity index (χ4n) is 2.37. The van der Waals surface area contributed by atoms with Crippen molar-refractivity contribution in [3.63, 3.8) is 0 Å². The van der Waals surface area contributed by atoms with Crippen LogP contribution >= 0.6 is 10.7 Å². The molecule has 1 heterocycles. The second-order valence-electron chi connectivity index (χ2n) is 4.99. The summed E-state index contributed by atoms with van der Waals surface area (Å²) >= 11 is 0. The van der Waals surface area contributed by atoms with Gasteiger partial charge in [0.25, 0.3) is 5.69 Å². The quantitative estimate of drug-likeness (QED) is 0.478. The van der Waals surface area contributed by atoms with Crippen LogP contribution in [-0.2, 0) is 13.8 Å². The molecule has 1 amide bonds. The van der Waals surface area contributed by atoms with E-state index in [9.17, 15) is 23.3 Å². The summed E-state index contributed by atoms with van der Waals surface area (Å²) in [7, 11) is 1.48. The van der Waals surface area contributed by atoms with Crippen molar-refractivity contribution >= 4 is 37.0 Å². The number of carbonyl (C=O) groups excluding carboxylic acids is 1. The molecule has 114 valence electrons. The Bertz CT molecular complexity index is 731. The maximum absolute atomic E-state index is 12.0. The SMILES string of the molecule is Cc1cc([N+](=O)[O-])c(C)cc1N1CC(S(=O)(=O)Cl)CC1=O. The summed E-state index contributed by atoms with van der Waals surface area (Å²) in [6, 6.07) is 2.90. The number of amides is 1. The summed E-state index contributed by atoms with van der Waals surface area (Å²) < 4.78 is 22.7. The van der Waals surface area contributed by atoms with Crippen molar-refractivity contribution in [3.8, 4) is 0 Å². The van der Waals surface area contributed by atoms with Crippen molar-refractivity contribution in [1.82, 2.24) is 0 Å². The molecule has 1 unspecified atom stereocenters. The molecule has 1 aliphatic heterocycles. The van der Waals surface area contributed by atoms with E-state index < -0.39 is 19.2 Å². The highest BCUT2D eigenvalue weighted by molar-refractivity contribution is 8.14. The number of rotatable bonds is 3. The molecular formula is C12H13ClN2O5S. The normalized spacial score (nSPS) is 19.1. The number of hydrogen-bond donors (Lipinski definition) is 0. The molecule has 0 aliphatic carbocycles. The second kappa shape index (κ2) is 5.27. The van der Waals surface area contributed by atoms with Crippen molar-refractivity contribution in [3.05, 3.63) is 33.4 Å². The molecule has 0 spiro atoms. The van der Waals surface area contributed by atoms with E-state index in [1.165, 1.54) is 17.0 Å². The Morgan fingerprint density at radius 1 is 1.33 bits per heavy atom. The van der Waals surface area contributed by atoms with Crippen molar-refractivity contribution in [2.24, 2.45) is 0 Å². The van der Waals surface area contributed by atoms with Gasteiger partial charge in [-0.1, -0.05) is 0 Å². The molecule has 1 aliphatic rings. The molecule has 1 fully saturated rings. The summed E-state index contributed by atoms with van der Waals surface area (Å²) in [5.41, 5.74) is 1.38. The molecule has 0 aromatic heterocycles. The van der Waals surface area contributed by atoms with Gasteiger partial charge in [0.2, 0.25) is 15.0 Å². The standard InChI is InChI=1S/C12H13ClN2O5S/c1-7-4-11(15(17)18)8(2)3-10(7)14-6-9(5-12(14)16)21(13,19)20/h3-4,9H,5-6H2,1-2H3. The highest BCUT2D eigenvalue weighted by Crippen LogP contribution is 2.33. The maximum atomic E-state index is 12.0. The number of halogens is 1. The van der Waals surface area contributed by atoms with E-state index in [-0.39, 0.29) is 24.6 Å². The van der Waals surface area contributed by atoms with E-state index in [1.807, 2.05) is 0 Å². The van der Waals surface area contributed by atoms with Gasteiger partial charge in [-0.2, -0.15) is 0 Å². The van der Waals surface area contributed by atoms with Gasteiger partial charge >= 0.3 is 0 Å². The topological polar surface area (TPSA) is 97.6 Å². The van der Waals surface area contributed by atoms with Crippen molar-refractivity contribution < 1.29 is 18.1 Å². The predicted octanol–water partition coefficient (Wildman–Crippen LogP) is 1.89. The summed E-state index contributed by atoms with van der Waals surface area (Å²) in [4.78, 5) is 23.7. The fourth-order valence-corrected chi connectivity index (χ4v) is 3.40. The molecule has 0 N–H and O–H groups in total. The lowest BCUT2D eigenvalue weighted by Gasteiger charge is -2.19. The van der Waals surface area contributed by atoms with Gasteiger partial charge < -0.3 is 4.90 Å². The Morgan fingerprint density at radius 3 is 2.43 bits per heavy atom. The van der Waals surface area contributed by atoms with Gasteiger partial charge in [0.1, 0.15) is 5.25 Å². The minimum absolute atomic E-state index is 0.0376. The lowest BCUT2D eigenvalue weighted by Crippen LogP contribution is -2.27. The van der Waals surface area contributed by atoms with Crippen molar-refractivity contribution in [1.29, 1.82) is 0 Å². The Labute approximate surface area is 126 Å². The average Bonchev–Trinajstić information content (AvgIpc) is 2.73. The van der Waals surface area contributed by atoms with Crippen LogP contribution in [0.15, 0.2) is 12.1 Å². The van der Waals surface area contributed by atoms with Gasteiger partial charge in [0.05, 0.1) is 4.92 Å². The van der Waals surface area contributed by atoms with E-state index >= 15 is 0 Å². The largest absolute Gasteiger partial charge is 0.311 e. The number of aryl methyl sites for hydroxylation is 2. The number of nitro groups is 1. The van der Waals surface area contributed by atoms with Crippen LogP contribution in [0.5, 0.6) is 0 Å². The summed E-state index contributed by atoms with van der Waals surface area (Å²) in [6.45, 7) is 3.16. The Hall–Kier alpha value is -1.67. The first-order valence-electron chi connectivity index (χ1n) is 6.10. The van der Waals surface area contributed by atoms with Crippen LogP contribution in [0.1, 0.15) is 17.5 Å². The summed E-state index contributed by atoms with van der Waals surface area (Å²) in [5.74, 6) is -0.361. The van der Waals surface area contributed by atoms with Gasteiger partial charge in [0.15, 0.2) is 0 Å². The van der Waals surface area contributed by atoms with Crippen LogP contribution in [-0.4, -0.2) is 31.0 Å². The third kappa shape index (κ3) is 3.01. The number of carbonyl (C=O) groups is 1. The van der Waals surface area contributed by atoms with Crippen LogP contribution < -0.4 is 4.90 Å². The molecule has 2 rings (SSSR count). The molecule has 1 atom stereocenters. The second-order valence-corrected chi connectivity index (χ2v) is 7.90. The zero-order chi connectivity index (χ0) is 15.9. The average molecular weight is 333 g/mol. The molecule has 1 aromatic rings. The first kappa shape index (κ1) is 15.7. The molecule has 21 heavy (non-hydrogen) atoms. The number of nitro benzene ring substituents is 1. The third-order valence-electron chi connectivity index (χ3n) is 3.49. The number of hydrogen-bond acceptors (Lipinski definition) is 5. The molecule has 9 heteroatoms. The third-order valence-corrected chi connectivity index (χ3v) is 5.36. The van der Waals surface area contributed by atoms with Crippen LogP contribution in [0.4, 0.5) is 11.4 Å². The van der Waals surface area contributed by atoms with E-state index in [2.05, 4.69) is 0 Å². The van der Waals surface area contributed by atoms with E-state index in [0.29, 0.717) is 16.8 Å². The van der Waals surface area contributed by atoms with E-state index in [1.54, 1.807) is 13.8 Å². The molecular weight excluding hydrogens is 320 g/mol. The zero-order valence-electron chi connectivity index (χ0n) is 11.4. The molecule has 0 radical (unpaired) electrons. The summed E-state index contributed by atoms with van der Waals surface area (Å²) in [5, 5.41) is 9.93. The monoisotopic (exact) mass is 332 g/mol. The lowest BCUT2D eigenvalue weighted by atomic mass is 10.1. The maximum Gasteiger partial charge on any atom is 0.272 e. The van der Waals surface area contributed by atoms with Gasteiger partial charge in [0, 0.05) is 41.0 Å². The minimum atomic E-state index is -3.82. The van der Waals surface area contributed by atoms with Gasteiger partial charge in [-0.25, -0.2) is 8.42 Å². The van der Waals surface area contributed by atoms with E-state index in [4.69, 9.17) is 10.7 Å². The number of benzene rings is 1. The predicted molar refractivity (Wildman–Crippen MR) is 78.1 cm³/mol. The summed E-state index contributed by atoms with van der Waals surface area (Å²) in [6.07, 6.45) is -0.179. The minimum Gasteiger partial charge on any atom is -0.311 e.